The average molecular weight is 1180 g/mol. The number of carboxylic acids is 4. The number of aliphatic carboxylic acids is 4. The van der Waals surface area contributed by atoms with E-state index < -0.39 is 127 Å². The van der Waals surface area contributed by atoms with Crippen LogP contribution in [0.15, 0.2) is 0 Å². The van der Waals surface area contributed by atoms with Crippen molar-refractivity contribution >= 4 is 101 Å². The molecule has 0 aliphatic heterocycles. The van der Waals surface area contributed by atoms with E-state index in [2.05, 4.69) is 40.4 Å². The predicted octanol–water partition coefficient (Wildman–Crippen LogP) is 1.84. The zero-order chi connectivity index (χ0) is 60.3. The van der Waals surface area contributed by atoms with Crippen LogP contribution in [0.5, 0.6) is 0 Å². The van der Waals surface area contributed by atoms with Gasteiger partial charge in [0, 0.05) is 31.5 Å². The van der Waals surface area contributed by atoms with Gasteiger partial charge in [-0.15, -0.1) is 23.5 Å². The van der Waals surface area contributed by atoms with Crippen molar-refractivity contribution in [1.29, 1.82) is 0 Å². The SMILES string of the molecule is CCCCCCCCCCCCNC(=O)CSC[C@H](NC(=O)[C@H](CC(=O)O)NC(=O)[C@H](CC(=O)O)NC(=O)[C@H](CC(=O)O)NC(=O)[C@H](CC(=O)O)NC(=O)[C@H](CSCC(=O)NCCCCCCCCCCCC)NC(C)=O)C(N)=O. The summed E-state index contributed by atoms with van der Waals surface area (Å²) >= 11 is 1.86. The van der Waals surface area contributed by atoms with Crippen molar-refractivity contribution in [3.63, 3.8) is 0 Å². The van der Waals surface area contributed by atoms with Gasteiger partial charge < -0.3 is 68.7 Å². The van der Waals surface area contributed by atoms with E-state index in [4.69, 9.17) is 5.73 Å². The van der Waals surface area contributed by atoms with Crippen molar-refractivity contribution in [3.8, 4) is 0 Å². The summed E-state index contributed by atoms with van der Waals surface area (Å²) in [6.07, 6.45) is 17.5. The molecule has 28 heteroatoms. The van der Waals surface area contributed by atoms with Gasteiger partial charge in [0.1, 0.15) is 36.3 Å². The molecular weight excluding hydrogens is 1090 g/mol. The number of nitrogens with two attached hydrogens (primary N) is 1. The van der Waals surface area contributed by atoms with Gasteiger partial charge in [0.2, 0.25) is 53.2 Å². The molecular formula is C52H89N9O17S2. The van der Waals surface area contributed by atoms with Crippen LogP contribution in [0.3, 0.4) is 0 Å². The fourth-order valence-electron chi connectivity index (χ4n) is 7.84. The molecule has 0 saturated heterocycles. The first-order valence-corrected chi connectivity index (χ1v) is 30.0. The number of hydrogen-bond donors (Lipinski definition) is 13. The standard InChI is InChI=1S/C52H89N9O17S2/c1-4-6-8-10-12-14-16-18-20-22-24-54-41(63)32-79-30-39(47(53)73)61-51(77)38(29-46(71)72)59-49(75)36(27-44(67)68)57-48(74)35(26-43(65)66)58-50(76)37(28-45(69)70)60-52(78)40(56-34(3)62)31-80-33-42(64)55-25-23-21-19-17-15-13-11-9-7-5-2/h35-40H,4-33H2,1-3H3,(H2,53,73)(H,54,63)(H,55,64)(H,56,62)(H,57,74)(H,58,76)(H,59,75)(H,60,78)(H,61,77)(H,65,66)(H,67,68)(H,69,70)(H,71,72)/t35-,36-,37-,38-,39-,40-/m0/s1. The fourth-order valence-corrected chi connectivity index (χ4v) is 9.61. The molecule has 0 rings (SSSR count). The summed E-state index contributed by atoms with van der Waals surface area (Å²) in [5.74, 6) is -17.0. The van der Waals surface area contributed by atoms with E-state index in [-0.39, 0.29) is 34.8 Å². The van der Waals surface area contributed by atoms with Crippen LogP contribution in [0.25, 0.3) is 0 Å². The maximum absolute atomic E-state index is 13.6. The molecule has 0 aromatic heterocycles. The van der Waals surface area contributed by atoms with Crippen molar-refractivity contribution in [2.45, 2.75) is 211 Å². The lowest BCUT2D eigenvalue weighted by atomic mass is 10.1. The Balaban J connectivity index is 5.74. The Hall–Kier alpha value is -6.19. The quantitative estimate of drug-likeness (QED) is 0.0386. The van der Waals surface area contributed by atoms with E-state index in [0.717, 1.165) is 81.8 Å². The molecule has 9 amide bonds. The van der Waals surface area contributed by atoms with Gasteiger partial charge in [-0.25, -0.2) is 0 Å². The molecule has 6 atom stereocenters. The molecule has 80 heavy (non-hydrogen) atoms. The van der Waals surface area contributed by atoms with Gasteiger partial charge in [-0.2, -0.15) is 0 Å². The maximum Gasteiger partial charge on any atom is 0.305 e. The number of carbonyl (C=O) groups is 13. The smallest absolute Gasteiger partial charge is 0.305 e. The number of carboxylic acid groups (broad SMARTS) is 4. The molecule has 456 valence electrons. The highest BCUT2D eigenvalue weighted by atomic mass is 32.2. The van der Waals surface area contributed by atoms with Crippen molar-refractivity contribution in [3.05, 3.63) is 0 Å². The zero-order valence-electron chi connectivity index (χ0n) is 46.7. The summed E-state index contributed by atoms with van der Waals surface area (Å²) in [6, 6.07) is -11.4. The zero-order valence-corrected chi connectivity index (χ0v) is 48.3. The fraction of sp³-hybridized carbons (Fsp3) is 0.750. The summed E-state index contributed by atoms with van der Waals surface area (Å²) < 4.78 is 0. The molecule has 0 radical (unpaired) electrons. The van der Waals surface area contributed by atoms with E-state index in [1.54, 1.807) is 0 Å². The third-order valence-corrected chi connectivity index (χ3v) is 14.2. The predicted molar refractivity (Wildman–Crippen MR) is 300 cm³/mol. The monoisotopic (exact) mass is 1180 g/mol. The molecule has 0 unspecified atom stereocenters. The Morgan fingerprint density at radius 1 is 0.362 bits per heavy atom. The third kappa shape index (κ3) is 39.2. The minimum absolute atomic E-state index is 0.128. The van der Waals surface area contributed by atoms with E-state index >= 15 is 0 Å². The van der Waals surface area contributed by atoms with Crippen molar-refractivity contribution in [2.24, 2.45) is 5.73 Å². The van der Waals surface area contributed by atoms with Gasteiger partial charge in [0.25, 0.3) is 0 Å². The Labute approximate surface area is 477 Å². The summed E-state index contributed by atoms with van der Waals surface area (Å²) in [7, 11) is 0. The minimum Gasteiger partial charge on any atom is -0.481 e. The molecule has 0 bridgehead atoms. The van der Waals surface area contributed by atoms with Crippen molar-refractivity contribution < 1.29 is 82.8 Å². The highest BCUT2D eigenvalue weighted by Crippen LogP contribution is 2.13. The van der Waals surface area contributed by atoms with Gasteiger partial charge >= 0.3 is 23.9 Å². The second kappa shape index (κ2) is 45.5. The summed E-state index contributed by atoms with van der Waals surface area (Å²) in [5, 5.41) is 56.5. The van der Waals surface area contributed by atoms with E-state index in [0.29, 0.717) is 13.1 Å². The molecule has 0 aliphatic rings. The van der Waals surface area contributed by atoms with Gasteiger partial charge in [-0.1, -0.05) is 129 Å². The molecule has 0 aromatic carbocycles. The van der Waals surface area contributed by atoms with Crippen LogP contribution >= 0.6 is 23.5 Å². The van der Waals surface area contributed by atoms with Crippen LogP contribution in [0.2, 0.25) is 0 Å². The molecule has 0 fully saturated rings. The molecule has 0 spiro atoms. The summed E-state index contributed by atoms with van der Waals surface area (Å²) in [5.41, 5.74) is 5.46. The first kappa shape index (κ1) is 73.8. The number of primary amides is 1. The van der Waals surface area contributed by atoms with Gasteiger partial charge in [0.15, 0.2) is 0 Å². The van der Waals surface area contributed by atoms with Crippen LogP contribution in [0.1, 0.15) is 175 Å². The second-order valence-electron chi connectivity index (χ2n) is 19.4. The number of unbranched alkanes of at least 4 members (excludes halogenated alkanes) is 18. The van der Waals surface area contributed by atoms with E-state index in [1.807, 2.05) is 16.0 Å². The van der Waals surface area contributed by atoms with Crippen LogP contribution < -0.4 is 48.3 Å². The topological polar surface area (TPSA) is 425 Å². The van der Waals surface area contributed by atoms with Crippen LogP contribution in [0, 0.1) is 0 Å². The minimum atomic E-state index is -2.20. The second-order valence-corrected chi connectivity index (χ2v) is 21.5. The highest BCUT2D eigenvalue weighted by molar-refractivity contribution is 8.00. The van der Waals surface area contributed by atoms with E-state index in [1.165, 1.54) is 77.0 Å². The first-order valence-electron chi connectivity index (χ1n) is 27.6. The Kier molecular flexibility index (Phi) is 42.0. The largest absolute Gasteiger partial charge is 0.481 e. The maximum atomic E-state index is 13.6. The molecule has 0 heterocycles. The summed E-state index contributed by atoms with van der Waals surface area (Å²) in [4.78, 5) is 164. The molecule has 26 nitrogen and oxygen atoms in total. The Morgan fingerprint density at radius 2 is 0.613 bits per heavy atom. The molecule has 0 aromatic rings. The van der Waals surface area contributed by atoms with Crippen LogP contribution in [-0.4, -0.2) is 170 Å². The van der Waals surface area contributed by atoms with Crippen molar-refractivity contribution in [2.75, 3.05) is 36.1 Å². The van der Waals surface area contributed by atoms with Gasteiger partial charge in [0.05, 0.1) is 37.2 Å². The molecule has 0 aliphatic carbocycles. The van der Waals surface area contributed by atoms with Crippen molar-refractivity contribution in [1.82, 2.24) is 42.5 Å². The third-order valence-electron chi connectivity index (χ3n) is 12.1. The van der Waals surface area contributed by atoms with Crippen LogP contribution in [0.4, 0.5) is 0 Å². The normalized spacial score (nSPS) is 13.1. The lowest BCUT2D eigenvalue weighted by Gasteiger charge is -2.26. The first-order chi connectivity index (χ1) is 38.0. The lowest BCUT2D eigenvalue weighted by Crippen LogP contribution is -2.60. The number of amides is 9. The molecule has 0 saturated carbocycles. The number of nitrogens with one attached hydrogen (secondary N) is 8. The summed E-state index contributed by atoms with van der Waals surface area (Å²) in [6.45, 7) is 6.28. The number of rotatable bonds is 50. The Bertz CT molecular complexity index is 1990. The van der Waals surface area contributed by atoms with Gasteiger partial charge in [-0.05, 0) is 12.8 Å². The number of carbonyl (C=O) groups excluding carboxylic acids is 9. The Morgan fingerprint density at radius 3 is 0.875 bits per heavy atom. The van der Waals surface area contributed by atoms with Gasteiger partial charge in [-0.3, -0.25) is 62.3 Å². The molecule has 14 N–H and O–H groups in total. The average Bonchev–Trinajstić information content (AvgIpc) is 3.37. The number of thioether (sulfide) groups is 2. The lowest BCUT2D eigenvalue weighted by molar-refractivity contribution is -0.145. The highest BCUT2D eigenvalue weighted by Gasteiger charge is 2.36. The van der Waals surface area contributed by atoms with Crippen LogP contribution in [-0.2, 0) is 62.3 Å². The van der Waals surface area contributed by atoms with E-state index in [9.17, 15) is 82.8 Å². The number of hydrogen-bond acceptors (Lipinski definition) is 15.